The van der Waals surface area contributed by atoms with Gasteiger partial charge in [0, 0.05) is 13.2 Å². The summed E-state index contributed by atoms with van der Waals surface area (Å²) in [5, 5.41) is 7.77. The van der Waals surface area contributed by atoms with Gasteiger partial charge in [-0.05, 0) is 37.2 Å². The smallest absolute Gasteiger partial charge is 0.408 e. The monoisotopic (exact) mass is 461 g/mol. The maximum Gasteiger partial charge on any atom is 0.408 e. The molecule has 1 saturated heterocycles. The zero-order valence-corrected chi connectivity index (χ0v) is 19.6. The van der Waals surface area contributed by atoms with Crippen molar-refractivity contribution in [3.8, 4) is 0 Å². The molecule has 0 bridgehead atoms. The Hall–Kier alpha value is -2.94. The third-order valence-electron chi connectivity index (χ3n) is 5.31. The Morgan fingerprint density at radius 1 is 1.09 bits per heavy atom. The first kappa shape index (κ1) is 26.3. The molecule has 1 aliphatic rings. The van der Waals surface area contributed by atoms with Crippen LogP contribution in [0.5, 0.6) is 0 Å². The highest BCUT2D eigenvalue weighted by atomic mass is 16.5. The van der Waals surface area contributed by atoms with Crippen LogP contribution in [0.2, 0.25) is 0 Å². The number of nitrogens with one attached hydrogen (secondary N) is 3. The molecular formula is C24H35N3O6. The molecule has 1 fully saturated rings. The number of amides is 3. The van der Waals surface area contributed by atoms with Crippen LogP contribution in [0.1, 0.15) is 52.0 Å². The van der Waals surface area contributed by atoms with Gasteiger partial charge in [-0.15, -0.1) is 0 Å². The maximum absolute atomic E-state index is 12.9. The van der Waals surface area contributed by atoms with Gasteiger partial charge in [-0.3, -0.25) is 14.4 Å². The van der Waals surface area contributed by atoms with Crippen LogP contribution in [0.15, 0.2) is 30.3 Å². The standard InChI is InChI=1S/C24H35N3O6/c1-4-19(21(28)23(30)25-14-18-11-8-12-32-18)26-22(29)20(13-16(2)3)27-24(31)33-15-17-9-6-5-7-10-17/h5-7,9-10,16,18-20H,4,8,11-15H2,1-3H3,(H,25,30)(H,26,29)(H,27,31)/t18?,19-,20-/m0/s1. The highest BCUT2D eigenvalue weighted by molar-refractivity contribution is 6.38. The number of rotatable bonds is 12. The summed E-state index contributed by atoms with van der Waals surface area (Å²) in [6.07, 6.45) is 1.55. The molecule has 3 atom stereocenters. The third kappa shape index (κ3) is 9.21. The molecule has 33 heavy (non-hydrogen) atoms. The second-order valence-corrected chi connectivity index (χ2v) is 8.57. The number of carbonyl (C=O) groups is 4. The molecule has 0 saturated carbocycles. The van der Waals surface area contributed by atoms with Gasteiger partial charge in [-0.2, -0.15) is 0 Å². The Kier molecular flexibility index (Phi) is 10.8. The van der Waals surface area contributed by atoms with Gasteiger partial charge in [-0.25, -0.2) is 4.79 Å². The molecule has 1 aromatic rings. The molecule has 9 nitrogen and oxygen atoms in total. The first-order valence-electron chi connectivity index (χ1n) is 11.5. The second-order valence-electron chi connectivity index (χ2n) is 8.57. The van der Waals surface area contributed by atoms with Gasteiger partial charge in [0.2, 0.25) is 11.7 Å². The van der Waals surface area contributed by atoms with Gasteiger partial charge >= 0.3 is 6.09 Å². The molecule has 1 aromatic carbocycles. The lowest BCUT2D eigenvalue weighted by atomic mass is 10.0. The summed E-state index contributed by atoms with van der Waals surface area (Å²) in [7, 11) is 0. The predicted molar refractivity (Wildman–Crippen MR) is 122 cm³/mol. The number of hydrogen-bond donors (Lipinski definition) is 3. The predicted octanol–water partition coefficient (Wildman–Crippen LogP) is 2.09. The van der Waals surface area contributed by atoms with Crippen LogP contribution in [0, 0.1) is 5.92 Å². The van der Waals surface area contributed by atoms with Crippen molar-refractivity contribution < 1.29 is 28.7 Å². The van der Waals surface area contributed by atoms with Crippen LogP contribution in [0.3, 0.4) is 0 Å². The average molecular weight is 462 g/mol. The Morgan fingerprint density at radius 3 is 2.42 bits per heavy atom. The molecule has 182 valence electrons. The minimum Gasteiger partial charge on any atom is -0.445 e. The molecule has 1 heterocycles. The van der Waals surface area contributed by atoms with E-state index in [4.69, 9.17) is 9.47 Å². The molecule has 0 aliphatic carbocycles. The van der Waals surface area contributed by atoms with Crippen molar-refractivity contribution in [1.82, 2.24) is 16.0 Å². The first-order valence-corrected chi connectivity index (χ1v) is 11.5. The van der Waals surface area contributed by atoms with Gasteiger partial charge in [0.25, 0.3) is 5.91 Å². The second kappa shape index (κ2) is 13.6. The maximum atomic E-state index is 12.9. The van der Waals surface area contributed by atoms with E-state index in [2.05, 4.69) is 16.0 Å². The lowest BCUT2D eigenvalue weighted by molar-refractivity contribution is -0.140. The van der Waals surface area contributed by atoms with Crippen LogP contribution >= 0.6 is 0 Å². The van der Waals surface area contributed by atoms with E-state index in [-0.39, 0.29) is 31.6 Å². The van der Waals surface area contributed by atoms with E-state index in [0.717, 1.165) is 18.4 Å². The summed E-state index contributed by atoms with van der Waals surface area (Å²) in [5.74, 6) is -1.92. The molecule has 9 heteroatoms. The Balaban J connectivity index is 1.90. The molecule has 0 aromatic heterocycles. The number of hydrogen-bond acceptors (Lipinski definition) is 6. The molecule has 0 spiro atoms. The average Bonchev–Trinajstić information content (AvgIpc) is 3.32. The fourth-order valence-corrected chi connectivity index (χ4v) is 3.49. The van der Waals surface area contributed by atoms with E-state index in [1.165, 1.54) is 0 Å². The fraction of sp³-hybridized carbons (Fsp3) is 0.583. The van der Waals surface area contributed by atoms with Crippen molar-refractivity contribution in [2.45, 2.75) is 71.2 Å². The molecule has 1 unspecified atom stereocenters. The van der Waals surface area contributed by atoms with Gasteiger partial charge < -0.3 is 25.4 Å². The van der Waals surface area contributed by atoms with Crippen molar-refractivity contribution in [2.75, 3.05) is 13.2 Å². The van der Waals surface area contributed by atoms with Gasteiger partial charge in [0.15, 0.2) is 0 Å². The highest BCUT2D eigenvalue weighted by Gasteiger charge is 2.30. The van der Waals surface area contributed by atoms with E-state index in [1.807, 2.05) is 44.2 Å². The Bertz CT molecular complexity index is 793. The molecule has 0 radical (unpaired) electrons. The van der Waals surface area contributed by atoms with Crippen LogP contribution < -0.4 is 16.0 Å². The van der Waals surface area contributed by atoms with E-state index < -0.39 is 35.8 Å². The van der Waals surface area contributed by atoms with Crippen LogP contribution in [0.25, 0.3) is 0 Å². The third-order valence-corrected chi connectivity index (χ3v) is 5.31. The highest BCUT2D eigenvalue weighted by Crippen LogP contribution is 2.11. The molecule has 3 amide bonds. The molecule has 3 N–H and O–H groups in total. The summed E-state index contributed by atoms with van der Waals surface area (Å²) in [5.41, 5.74) is 0.822. The number of alkyl carbamates (subject to hydrolysis) is 1. The quantitative estimate of drug-likeness (QED) is 0.410. The topological polar surface area (TPSA) is 123 Å². The van der Waals surface area contributed by atoms with E-state index in [0.29, 0.717) is 13.0 Å². The van der Waals surface area contributed by atoms with Crippen LogP contribution in [-0.4, -0.2) is 55.0 Å². The minimum absolute atomic E-state index is 0.0731. The van der Waals surface area contributed by atoms with Gasteiger partial charge in [-0.1, -0.05) is 51.1 Å². The van der Waals surface area contributed by atoms with Gasteiger partial charge in [0.1, 0.15) is 12.6 Å². The zero-order valence-electron chi connectivity index (χ0n) is 19.6. The summed E-state index contributed by atoms with van der Waals surface area (Å²) < 4.78 is 10.7. The van der Waals surface area contributed by atoms with E-state index in [9.17, 15) is 19.2 Å². The van der Waals surface area contributed by atoms with Crippen LogP contribution in [-0.2, 0) is 30.5 Å². The van der Waals surface area contributed by atoms with Crippen molar-refractivity contribution in [3.05, 3.63) is 35.9 Å². The number of benzene rings is 1. The first-order chi connectivity index (χ1) is 15.8. The molecular weight excluding hydrogens is 426 g/mol. The normalized spacial score (nSPS) is 17.2. The summed E-state index contributed by atoms with van der Waals surface area (Å²) in [6, 6.07) is 7.30. The van der Waals surface area contributed by atoms with Crippen molar-refractivity contribution in [3.63, 3.8) is 0 Å². The van der Waals surface area contributed by atoms with Crippen molar-refractivity contribution in [1.29, 1.82) is 0 Å². The summed E-state index contributed by atoms with van der Waals surface area (Å²) >= 11 is 0. The Morgan fingerprint density at radius 2 is 1.82 bits per heavy atom. The number of ether oxygens (including phenoxy) is 2. The molecule has 2 rings (SSSR count). The number of carbonyl (C=O) groups excluding carboxylic acids is 4. The molecule has 1 aliphatic heterocycles. The minimum atomic E-state index is -0.987. The fourth-order valence-electron chi connectivity index (χ4n) is 3.49. The van der Waals surface area contributed by atoms with Gasteiger partial charge in [0.05, 0.1) is 12.1 Å². The zero-order chi connectivity index (χ0) is 24.2. The summed E-state index contributed by atoms with van der Waals surface area (Å²) in [4.78, 5) is 50.0. The van der Waals surface area contributed by atoms with Crippen LogP contribution in [0.4, 0.5) is 4.79 Å². The SMILES string of the molecule is CC[C@H](NC(=O)[C@H](CC(C)C)NC(=O)OCc1ccccc1)C(=O)C(=O)NCC1CCCO1. The number of ketones is 1. The largest absolute Gasteiger partial charge is 0.445 e. The van der Waals surface area contributed by atoms with E-state index >= 15 is 0 Å². The van der Waals surface area contributed by atoms with Crippen molar-refractivity contribution >= 4 is 23.7 Å². The Labute approximate surface area is 195 Å². The van der Waals surface area contributed by atoms with Crippen molar-refractivity contribution in [2.24, 2.45) is 5.92 Å². The lowest BCUT2D eigenvalue weighted by Crippen LogP contribution is -2.54. The van der Waals surface area contributed by atoms with E-state index in [1.54, 1.807) is 6.92 Å². The lowest BCUT2D eigenvalue weighted by Gasteiger charge is -2.23. The number of Topliss-reactive ketones (excluding diaryl/α,β-unsaturated/α-hetero) is 1. The summed E-state index contributed by atoms with van der Waals surface area (Å²) in [6.45, 7) is 6.52.